The van der Waals surface area contributed by atoms with Crippen LogP contribution in [0.5, 0.6) is 0 Å². The van der Waals surface area contributed by atoms with Crippen molar-refractivity contribution in [1.82, 2.24) is 0 Å². The molecule has 102 valence electrons. The SMILES string of the molecule is CCCCCCCCOC[C@H](C)c1ccccc1. The molecule has 1 aromatic rings. The van der Waals surface area contributed by atoms with Crippen molar-refractivity contribution in [1.29, 1.82) is 0 Å². The molecular weight excluding hydrogens is 220 g/mol. The Morgan fingerprint density at radius 1 is 0.944 bits per heavy atom. The second kappa shape index (κ2) is 10.1. The number of hydrogen-bond donors (Lipinski definition) is 0. The van der Waals surface area contributed by atoms with Crippen molar-refractivity contribution in [2.24, 2.45) is 0 Å². The van der Waals surface area contributed by atoms with Crippen LogP contribution in [0.3, 0.4) is 0 Å². The first-order valence-corrected chi connectivity index (χ1v) is 7.47. The lowest BCUT2D eigenvalue weighted by atomic mass is 10.0. The molecule has 0 aliphatic rings. The quantitative estimate of drug-likeness (QED) is 0.519. The molecule has 0 aliphatic carbocycles. The van der Waals surface area contributed by atoms with E-state index in [1.54, 1.807) is 0 Å². The van der Waals surface area contributed by atoms with E-state index in [9.17, 15) is 0 Å². The molecule has 0 amide bonds. The minimum atomic E-state index is 0.506. The largest absolute Gasteiger partial charge is 0.381 e. The Morgan fingerprint density at radius 3 is 2.33 bits per heavy atom. The first-order chi connectivity index (χ1) is 8.84. The molecule has 0 unspecified atom stereocenters. The van der Waals surface area contributed by atoms with E-state index < -0.39 is 0 Å². The summed E-state index contributed by atoms with van der Waals surface area (Å²) in [4.78, 5) is 0. The summed E-state index contributed by atoms with van der Waals surface area (Å²) in [6.07, 6.45) is 7.99. The fraction of sp³-hybridized carbons (Fsp3) is 0.647. The van der Waals surface area contributed by atoms with Crippen LogP contribution in [0.4, 0.5) is 0 Å². The molecule has 1 atom stereocenters. The normalized spacial score (nSPS) is 12.6. The van der Waals surface area contributed by atoms with Crippen molar-refractivity contribution >= 4 is 0 Å². The van der Waals surface area contributed by atoms with Gasteiger partial charge in [-0.15, -0.1) is 0 Å². The maximum absolute atomic E-state index is 5.76. The average molecular weight is 248 g/mol. The molecule has 0 bridgehead atoms. The highest BCUT2D eigenvalue weighted by atomic mass is 16.5. The van der Waals surface area contributed by atoms with E-state index in [0.717, 1.165) is 13.2 Å². The third kappa shape index (κ3) is 6.80. The van der Waals surface area contributed by atoms with Crippen LogP contribution in [0.15, 0.2) is 30.3 Å². The van der Waals surface area contributed by atoms with Gasteiger partial charge in [-0.2, -0.15) is 0 Å². The predicted octanol–water partition coefficient (Wildman–Crippen LogP) is 5.17. The zero-order valence-electron chi connectivity index (χ0n) is 12.0. The average Bonchev–Trinajstić information content (AvgIpc) is 2.42. The number of rotatable bonds is 10. The maximum atomic E-state index is 5.76. The minimum Gasteiger partial charge on any atom is -0.381 e. The van der Waals surface area contributed by atoms with Crippen LogP contribution in [0, 0.1) is 0 Å². The van der Waals surface area contributed by atoms with Gasteiger partial charge in [-0.1, -0.05) is 76.3 Å². The van der Waals surface area contributed by atoms with E-state index in [2.05, 4.69) is 44.2 Å². The van der Waals surface area contributed by atoms with Crippen LogP contribution in [-0.2, 0) is 4.74 Å². The molecule has 1 nitrogen and oxygen atoms in total. The van der Waals surface area contributed by atoms with Gasteiger partial charge in [0.15, 0.2) is 0 Å². The molecule has 0 aliphatic heterocycles. The van der Waals surface area contributed by atoms with E-state index in [0.29, 0.717) is 5.92 Å². The zero-order chi connectivity index (χ0) is 13.1. The third-order valence-corrected chi connectivity index (χ3v) is 3.38. The number of unbranched alkanes of at least 4 members (excludes halogenated alkanes) is 5. The van der Waals surface area contributed by atoms with Gasteiger partial charge < -0.3 is 4.74 Å². The van der Waals surface area contributed by atoms with Crippen molar-refractivity contribution in [2.75, 3.05) is 13.2 Å². The van der Waals surface area contributed by atoms with Gasteiger partial charge >= 0.3 is 0 Å². The molecule has 0 N–H and O–H groups in total. The fourth-order valence-corrected chi connectivity index (χ4v) is 2.12. The smallest absolute Gasteiger partial charge is 0.0532 e. The molecule has 1 aromatic carbocycles. The minimum absolute atomic E-state index is 0.506. The highest BCUT2D eigenvalue weighted by molar-refractivity contribution is 5.18. The Kier molecular flexibility index (Phi) is 8.58. The first kappa shape index (κ1) is 15.2. The van der Waals surface area contributed by atoms with Crippen molar-refractivity contribution in [3.8, 4) is 0 Å². The zero-order valence-corrected chi connectivity index (χ0v) is 12.0. The lowest BCUT2D eigenvalue weighted by Crippen LogP contribution is -2.05. The van der Waals surface area contributed by atoms with Crippen LogP contribution >= 0.6 is 0 Å². The summed E-state index contributed by atoms with van der Waals surface area (Å²) in [5.41, 5.74) is 1.38. The topological polar surface area (TPSA) is 9.23 Å². The van der Waals surface area contributed by atoms with E-state index in [4.69, 9.17) is 4.74 Å². The second-order valence-corrected chi connectivity index (χ2v) is 5.15. The Bertz CT molecular complexity index is 281. The standard InChI is InChI=1S/C17H28O/c1-3-4-5-6-7-11-14-18-15-16(2)17-12-9-8-10-13-17/h8-10,12-13,16H,3-7,11,14-15H2,1-2H3/t16-/m0/s1. The molecule has 0 fully saturated rings. The Hall–Kier alpha value is -0.820. The van der Waals surface area contributed by atoms with E-state index in [-0.39, 0.29) is 0 Å². The molecule has 0 aromatic heterocycles. The Balaban J connectivity index is 1.98. The van der Waals surface area contributed by atoms with Gasteiger partial charge in [0.2, 0.25) is 0 Å². The molecule has 1 rings (SSSR count). The van der Waals surface area contributed by atoms with E-state index in [1.165, 1.54) is 44.1 Å². The van der Waals surface area contributed by atoms with E-state index in [1.807, 2.05) is 0 Å². The number of ether oxygens (including phenoxy) is 1. The lowest BCUT2D eigenvalue weighted by molar-refractivity contribution is 0.119. The summed E-state index contributed by atoms with van der Waals surface area (Å²) in [6.45, 7) is 6.26. The van der Waals surface area contributed by atoms with Crippen molar-refractivity contribution in [3.05, 3.63) is 35.9 Å². The van der Waals surface area contributed by atoms with Gasteiger partial charge in [-0.05, 0) is 12.0 Å². The Morgan fingerprint density at radius 2 is 1.61 bits per heavy atom. The molecule has 0 saturated heterocycles. The van der Waals surface area contributed by atoms with E-state index >= 15 is 0 Å². The molecule has 18 heavy (non-hydrogen) atoms. The molecule has 0 spiro atoms. The summed E-state index contributed by atoms with van der Waals surface area (Å²) < 4.78 is 5.76. The molecule has 0 heterocycles. The molecule has 0 saturated carbocycles. The highest BCUT2D eigenvalue weighted by Crippen LogP contribution is 2.14. The summed E-state index contributed by atoms with van der Waals surface area (Å²) in [5.74, 6) is 0.506. The van der Waals surface area contributed by atoms with Gasteiger partial charge in [-0.3, -0.25) is 0 Å². The highest BCUT2D eigenvalue weighted by Gasteiger charge is 2.04. The molecular formula is C17H28O. The van der Waals surface area contributed by atoms with Gasteiger partial charge in [-0.25, -0.2) is 0 Å². The fourth-order valence-electron chi connectivity index (χ4n) is 2.12. The predicted molar refractivity (Wildman–Crippen MR) is 79.1 cm³/mol. The van der Waals surface area contributed by atoms with Crippen LogP contribution in [0.25, 0.3) is 0 Å². The first-order valence-electron chi connectivity index (χ1n) is 7.47. The Labute approximate surface area is 113 Å². The summed E-state index contributed by atoms with van der Waals surface area (Å²) in [7, 11) is 0. The van der Waals surface area contributed by atoms with Crippen molar-refractivity contribution in [3.63, 3.8) is 0 Å². The molecule has 1 heteroatoms. The van der Waals surface area contributed by atoms with Crippen molar-refractivity contribution in [2.45, 2.75) is 58.3 Å². The van der Waals surface area contributed by atoms with Gasteiger partial charge in [0.25, 0.3) is 0 Å². The summed E-state index contributed by atoms with van der Waals surface area (Å²) in [6, 6.07) is 10.6. The molecule has 0 radical (unpaired) electrons. The number of hydrogen-bond acceptors (Lipinski definition) is 1. The van der Waals surface area contributed by atoms with Crippen LogP contribution < -0.4 is 0 Å². The van der Waals surface area contributed by atoms with Crippen LogP contribution in [0.2, 0.25) is 0 Å². The van der Waals surface area contributed by atoms with Gasteiger partial charge in [0.1, 0.15) is 0 Å². The van der Waals surface area contributed by atoms with Crippen LogP contribution in [0.1, 0.15) is 63.9 Å². The summed E-state index contributed by atoms with van der Waals surface area (Å²) >= 11 is 0. The van der Waals surface area contributed by atoms with Gasteiger partial charge in [0.05, 0.1) is 6.61 Å². The summed E-state index contributed by atoms with van der Waals surface area (Å²) in [5, 5.41) is 0. The van der Waals surface area contributed by atoms with Gasteiger partial charge in [0, 0.05) is 12.5 Å². The number of benzene rings is 1. The third-order valence-electron chi connectivity index (χ3n) is 3.38. The van der Waals surface area contributed by atoms with Crippen molar-refractivity contribution < 1.29 is 4.74 Å². The second-order valence-electron chi connectivity index (χ2n) is 5.15. The monoisotopic (exact) mass is 248 g/mol. The maximum Gasteiger partial charge on any atom is 0.0532 e. The van der Waals surface area contributed by atoms with Crippen LogP contribution in [-0.4, -0.2) is 13.2 Å². The lowest BCUT2D eigenvalue weighted by Gasteiger charge is -2.12.